The van der Waals surface area contributed by atoms with Gasteiger partial charge >= 0.3 is 0 Å². The van der Waals surface area contributed by atoms with Crippen LogP contribution in [-0.4, -0.2) is 31.4 Å². The number of hydrogen-bond donors (Lipinski definition) is 1. The van der Waals surface area contributed by atoms with Crippen molar-refractivity contribution in [1.82, 2.24) is 0 Å². The number of nitrogens with two attached hydrogens (primary N) is 1. The lowest BCUT2D eigenvalue weighted by Gasteiger charge is -2.14. The average Bonchev–Trinajstić information content (AvgIpc) is 2.02. The van der Waals surface area contributed by atoms with Crippen LogP contribution in [-0.2, 0) is 9.47 Å². The maximum Gasteiger partial charge on any atom is 0.0753 e. The Bertz CT molecular complexity index is 130. The van der Waals surface area contributed by atoms with Crippen molar-refractivity contribution in [1.29, 1.82) is 0 Å². The van der Waals surface area contributed by atoms with E-state index in [1.54, 1.807) is 7.11 Å². The van der Waals surface area contributed by atoms with Crippen LogP contribution < -0.4 is 5.73 Å². The predicted molar refractivity (Wildman–Crippen MR) is 53.3 cm³/mol. The number of rotatable bonds is 7. The van der Waals surface area contributed by atoms with Gasteiger partial charge in [0.25, 0.3) is 0 Å². The van der Waals surface area contributed by atoms with Crippen molar-refractivity contribution in [3.63, 3.8) is 0 Å². The molecule has 2 N–H and O–H groups in total. The molecular formula is C8H17NO2S. The molecule has 0 spiro atoms. The van der Waals surface area contributed by atoms with Crippen LogP contribution in [0.2, 0.25) is 0 Å². The monoisotopic (exact) mass is 191 g/mol. The van der Waals surface area contributed by atoms with E-state index in [-0.39, 0.29) is 6.10 Å². The highest BCUT2D eigenvalue weighted by Crippen LogP contribution is 2.03. The van der Waals surface area contributed by atoms with E-state index in [0.717, 1.165) is 6.42 Å². The first-order chi connectivity index (χ1) is 5.70. The second kappa shape index (κ2) is 7.46. The van der Waals surface area contributed by atoms with Gasteiger partial charge in [-0.3, -0.25) is 0 Å². The highest BCUT2D eigenvalue weighted by atomic mass is 32.1. The van der Waals surface area contributed by atoms with Crippen LogP contribution in [0.5, 0.6) is 0 Å². The van der Waals surface area contributed by atoms with Crippen LogP contribution >= 0.6 is 12.2 Å². The van der Waals surface area contributed by atoms with E-state index in [2.05, 4.69) is 6.92 Å². The highest BCUT2D eigenvalue weighted by Gasteiger charge is 2.06. The Morgan fingerprint density at radius 1 is 1.50 bits per heavy atom. The van der Waals surface area contributed by atoms with Crippen molar-refractivity contribution in [3.05, 3.63) is 0 Å². The predicted octanol–water partition coefficient (Wildman–Crippen LogP) is 1.10. The summed E-state index contributed by atoms with van der Waals surface area (Å²) >= 11 is 4.78. The van der Waals surface area contributed by atoms with Gasteiger partial charge in [-0.15, -0.1) is 0 Å². The van der Waals surface area contributed by atoms with E-state index >= 15 is 0 Å². The number of thiocarbonyl (C=S) groups is 1. The second-order valence-corrected chi connectivity index (χ2v) is 3.09. The molecule has 12 heavy (non-hydrogen) atoms. The highest BCUT2D eigenvalue weighted by molar-refractivity contribution is 7.80. The first kappa shape index (κ1) is 11.8. The molecule has 1 unspecified atom stereocenters. The molecule has 0 radical (unpaired) electrons. The van der Waals surface area contributed by atoms with Crippen LogP contribution in [0.4, 0.5) is 0 Å². The van der Waals surface area contributed by atoms with Gasteiger partial charge in [0.1, 0.15) is 0 Å². The average molecular weight is 191 g/mol. The quantitative estimate of drug-likeness (QED) is 0.483. The van der Waals surface area contributed by atoms with Crippen LogP contribution in [0.25, 0.3) is 0 Å². The summed E-state index contributed by atoms with van der Waals surface area (Å²) in [6.45, 7) is 3.28. The summed E-state index contributed by atoms with van der Waals surface area (Å²) in [5.41, 5.74) is 5.39. The van der Waals surface area contributed by atoms with Crippen molar-refractivity contribution in [2.45, 2.75) is 25.9 Å². The van der Waals surface area contributed by atoms with E-state index < -0.39 is 0 Å². The van der Waals surface area contributed by atoms with Crippen LogP contribution in [0.3, 0.4) is 0 Å². The first-order valence-corrected chi connectivity index (χ1v) is 4.50. The van der Waals surface area contributed by atoms with E-state index in [9.17, 15) is 0 Å². The SMILES string of the molecule is CCC(CC(N)=S)OCCOC. The van der Waals surface area contributed by atoms with Gasteiger partial charge in [0, 0.05) is 13.5 Å². The largest absolute Gasteiger partial charge is 0.393 e. The number of hydrogen-bond acceptors (Lipinski definition) is 3. The summed E-state index contributed by atoms with van der Waals surface area (Å²) in [5.74, 6) is 0. The molecule has 0 amide bonds. The Morgan fingerprint density at radius 2 is 2.17 bits per heavy atom. The van der Waals surface area contributed by atoms with Gasteiger partial charge in [-0.05, 0) is 6.42 Å². The Labute approximate surface area is 79.2 Å². The minimum Gasteiger partial charge on any atom is -0.393 e. The van der Waals surface area contributed by atoms with Gasteiger partial charge < -0.3 is 15.2 Å². The molecule has 0 aromatic carbocycles. The van der Waals surface area contributed by atoms with Gasteiger partial charge in [0.15, 0.2) is 0 Å². The standard InChI is InChI=1S/C8H17NO2S/c1-3-7(6-8(9)12)11-5-4-10-2/h7H,3-6H2,1-2H3,(H2,9,12). The molecule has 0 saturated heterocycles. The Hall–Kier alpha value is -0.190. The zero-order chi connectivity index (χ0) is 9.40. The molecule has 0 aliphatic heterocycles. The van der Waals surface area contributed by atoms with Crippen molar-refractivity contribution in [3.8, 4) is 0 Å². The third-order valence-corrected chi connectivity index (χ3v) is 1.69. The van der Waals surface area contributed by atoms with Gasteiger partial charge in [-0.25, -0.2) is 0 Å². The molecule has 0 aliphatic rings. The van der Waals surface area contributed by atoms with Gasteiger partial charge in [0.05, 0.1) is 24.3 Å². The fourth-order valence-electron chi connectivity index (χ4n) is 0.844. The lowest BCUT2D eigenvalue weighted by atomic mass is 10.2. The normalized spacial score (nSPS) is 12.8. The summed E-state index contributed by atoms with van der Waals surface area (Å²) in [6.07, 6.45) is 1.74. The number of ether oxygens (including phenoxy) is 2. The third-order valence-electron chi connectivity index (χ3n) is 1.53. The van der Waals surface area contributed by atoms with E-state index in [0.29, 0.717) is 24.6 Å². The molecule has 0 saturated carbocycles. The summed E-state index contributed by atoms with van der Waals surface area (Å²) in [5, 5.41) is 0. The molecule has 0 aliphatic carbocycles. The molecule has 4 heteroatoms. The van der Waals surface area contributed by atoms with E-state index in [1.165, 1.54) is 0 Å². The molecule has 0 aromatic rings. The molecule has 0 heterocycles. The molecule has 3 nitrogen and oxygen atoms in total. The molecule has 0 fully saturated rings. The number of methoxy groups -OCH3 is 1. The Kier molecular flexibility index (Phi) is 7.34. The molecule has 72 valence electrons. The maximum atomic E-state index is 5.45. The Balaban J connectivity index is 3.46. The van der Waals surface area contributed by atoms with Gasteiger partial charge in [-0.2, -0.15) is 0 Å². The molecule has 0 bridgehead atoms. The smallest absolute Gasteiger partial charge is 0.0753 e. The lowest BCUT2D eigenvalue weighted by Crippen LogP contribution is -2.22. The molecule has 0 rings (SSSR count). The van der Waals surface area contributed by atoms with E-state index in [1.807, 2.05) is 0 Å². The summed E-state index contributed by atoms with van der Waals surface area (Å²) in [7, 11) is 1.65. The third kappa shape index (κ3) is 6.52. The van der Waals surface area contributed by atoms with E-state index in [4.69, 9.17) is 27.4 Å². The van der Waals surface area contributed by atoms with Gasteiger partial charge in [-0.1, -0.05) is 19.1 Å². The summed E-state index contributed by atoms with van der Waals surface area (Å²) in [4.78, 5) is 0.513. The lowest BCUT2D eigenvalue weighted by molar-refractivity contribution is 0.0194. The maximum absolute atomic E-state index is 5.45. The first-order valence-electron chi connectivity index (χ1n) is 4.09. The van der Waals surface area contributed by atoms with Crippen molar-refractivity contribution < 1.29 is 9.47 Å². The van der Waals surface area contributed by atoms with Crippen molar-refractivity contribution >= 4 is 17.2 Å². The van der Waals surface area contributed by atoms with Crippen LogP contribution in [0, 0.1) is 0 Å². The summed E-state index contributed by atoms with van der Waals surface area (Å²) in [6, 6.07) is 0. The van der Waals surface area contributed by atoms with Crippen molar-refractivity contribution in [2.75, 3.05) is 20.3 Å². The van der Waals surface area contributed by atoms with Crippen molar-refractivity contribution in [2.24, 2.45) is 5.73 Å². The fraction of sp³-hybridized carbons (Fsp3) is 0.875. The van der Waals surface area contributed by atoms with Crippen LogP contribution in [0.15, 0.2) is 0 Å². The second-order valence-electron chi connectivity index (χ2n) is 2.56. The topological polar surface area (TPSA) is 44.5 Å². The Morgan fingerprint density at radius 3 is 2.58 bits per heavy atom. The zero-order valence-corrected chi connectivity index (χ0v) is 8.52. The molecule has 1 atom stereocenters. The minimum atomic E-state index is 0.151. The van der Waals surface area contributed by atoms with Gasteiger partial charge in [0.2, 0.25) is 0 Å². The van der Waals surface area contributed by atoms with Crippen LogP contribution in [0.1, 0.15) is 19.8 Å². The molecule has 0 aromatic heterocycles. The summed E-state index contributed by atoms with van der Waals surface area (Å²) < 4.78 is 10.3. The minimum absolute atomic E-state index is 0.151. The zero-order valence-electron chi connectivity index (χ0n) is 7.71. The molecular weight excluding hydrogens is 174 g/mol. The fourth-order valence-corrected chi connectivity index (χ4v) is 1.03.